The Morgan fingerprint density at radius 3 is 2.80 bits per heavy atom. The van der Waals surface area contributed by atoms with Gasteiger partial charge in [0.15, 0.2) is 6.29 Å². The van der Waals surface area contributed by atoms with Gasteiger partial charge in [-0.25, -0.2) is 0 Å². The molecule has 0 heterocycles. The van der Waals surface area contributed by atoms with E-state index in [1.807, 2.05) is 6.92 Å². The number of ether oxygens (including phenoxy) is 1. The van der Waals surface area contributed by atoms with Crippen molar-refractivity contribution in [2.75, 3.05) is 19.0 Å². The van der Waals surface area contributed by atoms with Crippen molar-refractivity contribution in [3.05, 3.63) is 17.7 Å². The molecule has 1 rings (SSSR count). The molecule has 0 aromatic heterocycles. The highest BCUT2D eigenvalue weighted by Gasteiger charge is 2.12. The van der Waals surface area contributed by atoms with E-state index in [4.69, 9.17) is 4.74 Å². The summed E-state index contributed by atoms with van der Waals surface area (Å²) in [5.41, 5.74) is 1.48. The van der Waals surface area contributed by atoms with Crippen LogP contribution in [0.1, 0.15) is 12.5 Å². The van der Waals surface area contributed by atoms with E-state index in [2.05, 4.69) is 5.32 Å². The number of nitrogens with one attached hydrogen (secondary N) is 1. The van der Waals surface area contributed by atoms with E-state index < -0.39 is 0 Å². The Kier molecular flexibility index (Phi) is 3.97. The van der Waals surface area contributed by atoms with Crippen LogP contribution in [-0.2, 0) is 11.2 Å². The number of rotatable bonds is 5. The smallest absolute Gasteiger partial charge is 0.157 e. The van der Waals surface area contributed by atoms with Crippen LogP contribution in [0.3, 0.4) is 0 Å². The van der Waals surface area contributed by atoms with Crippen LogP contribution >= 0.6 is 0 Å². The maximum absolute atomic E-state index is 10.3. The normalized spacial score (nSPS) is 9.73. The summed E-state index contributed by atoms with van der Waals surface area (Å²) in [5, 5.41) is 12.4. The Morgan fingerprint density at radius 2 is 2.27 bits per heavy atom. The van der Waals surface area contributed by atoms with Crippen LogP contribution in [0.15, 0.2) is 12.1 Å². The molecule has 0 unspecified atom stereocenters. The van der Waals surface area contributed by atoms with Gasteiger partial charge in [0.05, 0.1) is 0 Å². The summed E-state index contributed by atoms with van der Waals surface area (Å²) < 4.78 is 5.29. The van der Waals surface area contributed by atoms with Gasteiger partial charge in [-0.05, 0) is 18.1 Å². The molecule has 0 bridgehead atoms. The molecule has 0 radical (unpaired) electrons. The number of hydrogen-bond donors (Lipinski definition) is 2. The van der Waals surface area contributed by atoms with E-state index in [0.717, 1.165) is 12.0 Å². The number of carbonyl (C=O) groups excluding carboxylic acids is 1. The first-order valence-corrected chi connectivity index (χ1v) is 4.83. The summed E-state index contributed by atoms with van der Waals surface area (Å²) in [6, 6.07) is 3.40. The molecular formula is C11H15NO3. The van der Waals surface area contributed by atoms with Crippen LogP contribution in [0.4, 0.5) is 5.69 Å². The van der Waals surface area contributed by atoms with Crippen LogP contribution < -0.4 is 10.1 Å². The fourth-order valence-electron chi connectivity index (χ4n) is 1.42. The Hall–Kier alpha value is -1.71. The molecule has 1 aromatic rings. The maximum Gasteiger partial charge on any atom is 0.157 e. The van der Waals surface area contributed by atoms with Gasteiger partial charge >= 0.3 is 0 Å². The Bertz CT molecular complexity index is 350. The zero-order chi connectivity index (χ0) is 11.3. The molecule has 0 saturated carbocycles. The van der Waals surface area contributed by atoms with Gasteiger partial charge in [-0.2, -0.15) is 0 Å². The molecule has 0 saturated heterocycles. The number of hydrogen-bond acceptors (Lipinski definition) is 4. The highest BCUT2D eigenvalue weighted by molar-refractivity contribution is 5.68. The highest BCUT2D eigenvalue weighted by atomic mass is 16.5. The number of phenolic OH excluding ortho intramolecular Hbond substituents is 1. The first-order chi connectivity index (χ1) is 7.24. The fourth-order valence-corrected chi connectivity index (χ4v) is 1.42. The number of aryl methyl sites for hydroxylation is 1. The van der Waals surface area contributed by atoms with Gasteiger partial charge in [0.1, 0.15) is 23.8 Å². The number of benzene rings is 1. The molecule has 4 heteroatoms. The molecule has 15 heavy (non-hydrogen) atoms. The molecule has 0 aliphatic rings. The van der Waals surface area contributed by atoms with Gasteiger partial charge in [-0.3, -0.25) is 4.79 Å². The van der Waals surface area contributed by atoms with Crippen molar-refractivity contribution in [2.24, 2.45) is 0 Å². The van der Waals surface area contributed by atoms with Crippen LogP contribution in [0, 0.1) is 0 Å². The predicted octanol–water partition coefficient (Wildman–Crippen LogP) is 1.57. The van der Waals surface area contributed by atoms with Gasteiger partial charge < -0.3 is 15.2 Å². The van der Waals surface area contributed by atoms with Crippen molar-refractivity contribution < 1.29 is 14.6 Å². The summed E-state index contributed by atoms with van der Waals surface area (Å²) in [7, 11) is 1.70. The third kappa shape index (κ3) is 2.40. The number of phenols is 1. The number of aromatic hydroxyl groups is 1. The van der Waals surface area contributed by atoms with E-state index in [0.29, 0.717) is 17.7 Å². The molecule has 0 aliphatic heterocycles. The summed E-state index contributed by atoms with van der Waals surface area (Å²) in [5.74, 6) is 0.669. The van der Waals surface area contributed by atoms with Crippen LogP contribution in [0.2, 0.25) is 0 Å². The summed E-state index contributed by atoms with van der Waals surface area (Å²) in [6.07, 6.45) is 1.46. The van der Waals surface area contributed by atoms with Gasteiger partial charge in [-0.15, -0.1) is 0 Å². The second kappa shape index (κ2) is 5.24. The van der Waals surface area contributed by atoms with Crippen molar-refractivity contribution >= 4 is 12.0 Å². The Morgan fingerprint density at radius 1 is 1.53 bits per heavy atom. The third-order valence-corrected chi connectivity index (χ3v) is 2.14. The standard InChI is InChI=1S/C11H15NO3/c1-3-8-4-5-9(14)10(12-2)11(8)15-7-6-13/h4-6,12,14H,3,7H2,1-2H3. The van der Waals surface area contributed by atoms with Crippen molar-refractivity contribution in [1.82, 2.24) is 0 Å². The predicted molar refractivity (Wildman–Crippen MR) is 58.6 cm³/mol. The topological polar surface area (TPSA) is 58.6 Å². The summed E-state index contributed by atoms with van der Waals surface area (Å²) in [4.78, 5) is 10.3. The minimum Gasteiger partial charge on any atom is -0.506 e. The minimum absolute atomic E-state index is 0.00880. The Balaban J connectivity index is 3.14. The first-order valence-electron chi connectivity index (χ1n) is 4.83. The number of anilines is 1. The van der Waals surface area contributed by atoms with Crippen LogP contribution in [0.25, 0.3) is 0 Å². The monoisotopic (exact) mass is 209 g/mol. The highest BCUT2D eigenvalue weighted by Crippen LogP contribution is 2.36. The first kappa shape index (κ1) is 11.4. The van der Waals surface area contributed by atoms with Crippen LogP contribution in [0.5, 0.6) is 11.5 Å². The van der Waals surface area contributed by atoms with Gasteiger partial charge in [0, 0.05) is 7.05 Å². The SMILES string of the molecule is CCc1ccc(O)c(NC)c1OCC=O. The maximum atomic E-state index is 10.3. The third-order valence-electron chi connectivity index (χ3n) is 2.14. The second-order valence-electron chi connectivity index (χ2n) is 3.03. The fraction of sp³-hybridized carbons (Fsp3) is 0.364. The van der Waals surface area contributed by atoms with Gasteiger partial charge in [0.25, 0.3) is 0 Å². The van der Waals surface area contributed by atoms with E-state index in [9.17, 15) is 9.90 Å². The largest absolute Gasteiger partial charge is 0.506 e. The molecule has 1 aromatic carbocycles. The second-order valence-corrected chi connectivity index (χ2v) is 3.03. The molecule has 0 amide bonds. The van der Waals surface area contributed by atoms with Crippen molar-refractivity contribution in [1.29, 1.82) is 0 Å². The van der Waals surface area contributed by atoms with Crippen molar-refractivity contribution in [3.8, 4) is 11.5 Å². The lowest BCUT2D eigenvalue weighted by Gasteiger charge is -2.14. The number of carbonyl (C=O) groups is 1. The van der Waals surface area contributed by atoms with E-state index in [-0.39, 0.29) is 12.4 Å². The lowest BCUT2D eigenvalue weighted by Crippen LogP contribution is -2.04. The zero-order valence-corrected chi connectivity index (χ0v) is 8.91. The van der Waals surface area contributed by atoms with Crippen molar-refractivity contribution in [2.45, 2.75) is 13.3 Å². The summed E-state index contributed by atoms with van der Waals surface area (Å²) in [6.45, 7) is 1.98. The quantitative estimate of drug-likeness (QED) is 0.571. The molecule has 0 atom stereocenters. The lowest BCUT2D eigenvalue weighted by molar-refractivity contribution is -0.109. The molecule has 82 valence electrons. The Labute approximate surface area is 88.9 Å². The molecule has 0 fully saturated rings. The zero-order valence-electron chi connectivity index (χ0n) is 8.91. The van der Waals surface area contributed by atoms with E-state index in [1.165, 1.54) is 0 Å². The molecular weight excluding hydrogens is 194 g/mol. The molecule has 4 nitrogen and oxygen atoms in total. The lowest BCUT2D eigenvalue weighted by atomic mass is 10.1. The summed E-state index contributed by atoms with van der Waals surface area (Å²) >= 11 is 0. The van der Waals surface area contributed by atoms with E-state index >= 15 is 0 Å². The van der Waals surface area contributed by atoms with Gasteiger partial charge in [0.2, 0.25) is 0 Å². The number of aldehydes is 1. The molecule has 0 aliphatic carbocycles. The minimum atomic E-state index is -0.00880. The average Bonchev–Trinajstić information content (AvgIpc) is 2.26. The van der Waals surface area contributed by atoms with Crippen molar-refractivity contribution in [3.63, 3.8) is 0 Å². The average molecular weight is 209 g/mol. The molecule has 0 spiro atoms. The van der Waals surface area contributed by atoms with Gasteiger partial charge in [-0.1, -0.05) is 13.0 Å². The van der Waals surface area contributed by atoms with Crippen LogP contribution in [-0.4, -0.2) is 25.0 Å². The van der Waals surface area contributed by atoms with E-state index in [1.54, 1.807) is 19.2 Å². The molecule has 2 N–H and O–H groups in total.